The molecule has 3 aromatic rings. The monoisotopic (exact) mass is 407 g/mol. The summed E-state index contributed by atoms with van der Waals surface area (Å²) in [6.45, 7) is 2.46. The van der Waals surface area contributed by atoms with Gasteiger partial charge in [-0.25, -0.2) is 4.68 Å². The van der Waals surface area contributed by atoms with Gasteiger partial charge >= 0.3 is 0 Å². The lowest BCUT2D eigenvalue weighted by molar-refractivity contribution is -0.111. The fourth-order valence-electron chi connectivity index (χ4n) is 3.06. The molecule has 1 amide bonds. The van der Waals surface area contributed by atoms with Crippen molar-refractivity contribution in [2.75, 3.05) is 26.6 Å². The van der Waals surface area contributed by atoms with Crippen molar-refractivity contribution in [2.24, 2.45) is 0 Å². The van der Waals surface area contributed by atoms with Crippen LogP contribution in [0.2, 0.25) is 0 Å². The maximum atomic E-state index is 12.5. The van der Waals surface area contributed by atoms with Crippen molar-refractivity contribution in [3.8, 4) is 17.2 Å². The van der Waals surface area contributed by atoms with Crippen LogP contribution in [0.15, 0.2) is 54.6 Å². The van der Waals surface area contributed by atoms with E-state index in [1.54, 1.807) is 44.2 Å². The lowest BCUT2D eigenvalue weighted by Gasteiger charge is -2.12. The number of nitrogens with one attached hydrogen (secondary N) is 1. The zero-order valence-corrected chi connectivity index (χ0v) is 17.5. The first kappa shape index (κ1) is 21.0. The molecule has 1 heterocycles. The molecule has 2 aromatic carbocycles. The number of hydrogen-bond donors (Lipinski definition) is 1. The minimum absolute atomic E-state index is 0.266. The summed E-state index contributed by atoms with van der Waals surface area (Å²) in [4.78, 5) is 12.5. The third-order valence-electron chi connectivity index (χ3n) is 4.44. The number of ether oxygens (including phenoxy) is 3. The molecule has 0 fully saturated rings. The standard InChI is InChI=1S/C23H25N3O4/c1-16-12-21(26(25-16)15-17-8-6-5-7-9-17)24-22(27)11-10-18-13-19(28-2)23(30-4)20(14-18)29-3/h5-14H,15H2,1-4H3,(H,24,27)/b11-10+. The lowest BCUT2D eigenvalue weighted by atomic mass is 10.1. The number of rotatable bonds is 8. The molecule has 0 saturated carbocycles. The summed E-state index contributed by atoms with van der Waals surface area (Å²) >= 11 is 0. The molecule has 7 nitrogen and oxygen atoms in total. The Morgan fingerprint density at radius 3 is 2.30 bits per heavy atom. The molecule has 0 atom stereocenters. The number of aryl methyl sites for hydroxylation is 1. The highest BCUT2D eigenvalue weighted by atomic mass is 16.5. The van der Waals surface area contributed by atoms with E-state index < -0.39 is 0 Å². The fourth-order valence-corrected chi connectivity index (χ4v) is 3.06. The number of carbonyl (C=O) groups excluding carboxylic acids is 1. The van der Waals surface area contributed by atoms with Crippen LogP contribution in [0, 0.1) is 6.92 Å². The molecule has 1 N–H and O–H groups in total. The number of nitrogens with zero attached hydrogens (tertiary/aromatic N) is 2. The van der Waals surface area contributed by atoms with Gasteiger partial charge in [0.15, 0.2) is 11.5 Å². The summed E-state index contributed by atoms with van der Waals surface area (Å²) in [6.07, 6.45) is 3.14. The van der Waals surface area contributed by atoms with Crippen LogP contribution < -0.4 is 19.5 Å². The minimum Gasteiger partial charge on any atom is -0.493 e. The number of benzene rings is 2. The first-order valence-corrected chi connectivity index (χ1v) is 9.41. The van der Waals surface area contributed by atoms with Gasteiger partial charge in [-0.05, 0) is 36.3 Å². The van der Waals surface area contributed by atoms with Crippen LogP contribution >= 0.6 is 0 Å². The topological polar surface area (TPSA) is 74.6 Å². The number of methoxy groups -OCH3 is 3. The van der Waals surface area contributed by atoms with Crippen LogP contribution in [0.3, 0.4) is 0 Å². The van der Waals surface area contributed by atoms with Gasteiger partial charge < -0.3 is 19.5 Å². The smallest absolute Gasteiger partial charge is 0.249 e. The van der Waals surface area contributed by atoms with Crippen molar-refractivity contribution in [3.63, 3.8) is 0 Å². The Morgan fingerprint density at radius 1 is 1.03 bits per heavy atom. The van der Waals surface area contributed by atoms with Crippen molar-refractivity contribution in [1.29, 1.82) is 0 Å². The van der Waals surface area contributed by atoms with Crippen molar-refractivity contribution in [3.05, 3.63) is 71.4 Å². The van der Waals surface area contributed by atoms with E-state index in [-0.39, 0.29) is 5.91 Å². The van der Waals surface area contributed by atoms with Crippen molar-refractivity contribution in [2.45, 2.75) is 13.5 Å². The largest absolute Gasteiger partial charge is 0.493 e. The minimum atomic E-state index is -0.266. The summed E-state index contributed by atoms with van der Waals surface area (Å²) in [5, 5.41) is 7.36. The zero-order valence-electron chi connectivity index (χ0n) is 17.5. The van der Waals surface area contributed by atoms with Crippen LogP contribution in [-0.2, 0) is 11.3 Å². The molecule has 0 unspecified atom stereocenters. The first-order chi connectivity index (χ1) is 14.5. The van der Waals surface area contributed by atoms with E-state index in [4.69, 9.17) is 14.2 Å². The predicted molar refractivity (Wildman–Crippen MR) is 116 cm³/mol. The molecule has 0 aliphatic rings. The summed E-state index contributed by atoms with van der Waals surface area (Å²) in [5.41, 5.74) is 2.67. The van der Waals surface area contributed by atoms with E-state index in [1.807, 2.05) is 43.3 Å². The van der Waals surface area contributed by atoms with Crippen LogP contribution in [0.4, 0.5) is 5.82 Å². The average Bonchev–Trinajstić information content (AvgIpc) is 3.10. The second-order valence-corrected chi connectivity index (χ2v) is 6.60. The van der Waals surface area contributed by atoms with Gasteiger partial charge in [-0.2, -0.15) is 5.10 Å². The molecule has 156 valence electrons. The Balaban J connectivity index is 1.76. The first-order valence-electron chi connectivity index (χ1n) is 9.41. The van der Waals surface area contributed by atoms with Gasteiger partial charge in [0.25, 0.3) is 0 Å². The molecule has 0 aliphatic heterocycles. The second-order valence-electron chi connectivity index (χ2n) is 6.60. The quantitative estimate of drug-likeness (QED) is 0.573. The van der Waals surface area contributed by atoms with Crippen molar-refractivity contribution < 1.29 is 19.0 Å². The molecular weight excluding hydrogens is 382 g/mol. The Kier molecular flexibility index (Phi) is 6.75. The third kappa shape index (κ3) is 5.00. The Hall–Kier alpha value is -3.74. The Morgan fingerprint density at radius 2 is 1.70 bits per heavy atom. The van der Waals surface area contributed by atoms with Gasteiger partial charge in [-0.1, -0.05) is 30.3 Å². The van der Waals surface area contributed by atoms with Gasteiger partial charge in [-0.3, -0.25) is 4.79 Å². The normalized spacial score (nSPS) is 10.8. The van der Waals surface area contributed by atoms with Crippen LogP contribution in [0.5, 0.6) is 17.2 Å². The van der Waals surface area contributed by atoms with Crippen LogP contribution in [-0.4, -0.2) is 37.0 Å². The van der Waals surface area contributed by atoms with E-state index in [1.165, 1.54) is 6.08 Å². The SMILES string of the molecule is COc1cc(/C=C/C(=O)Nc2cc(C)nn2Cc2ccccc2)cc(OC)c1OC. The molecule has 0 radical (unpaired) electrons. The summed E-state index contributed by atoms with van der Waals surface area (Å²) < 4.78 is 17.8. The highest BCUT2D eigenvalue weighted by molar-refractivity contribution is 6.01. The van der Waals surface area contributed by atoms with Gasteiger partial charge in [0.05, 0.1) is 33.6 Å². The maximum Gasteiger partial charge on any atom is 0.249 e. The highest BCUT2D eigenvalue weighted by Crippen LogP contribution is 2.38. The number of amides is 1. The van der Waals surface area contributed by atoms with Gasteiger partial charge in [-0.15, -0.1) is 0 Å². The fraction of sp³-hybridized carbons (Fsp3) is 0.217. The summed E-state index contributed by atoms with van der Waals surface area (Å²) in [6, 6.07) is 15.3. The number of carbonyl (C=O) groups is 1. The van der Waals surface area contributed by atoms with E-state index in [0.717, 1.165) is 16.8 Å². The van der Waals surface area contributed by atoms with Gasteiger partial charge in [0.2, 0.25) is 11.7 Å². The van der Waals surface area contributed by atoms with E-state index in [2.05, 4.69) is 10.4 Å². The molecule has 30 heavy (non-hydrogen) atoms. The molecule has 0 saturated heterocycles. The molecule has 0 bridgehead atoms. The maximum absolute atomic E-state index is 12.5. The lowest BCUT2D eigenvalue weighted by Crippen LogP contribution is -2.13. The molecule has 3 rings (SSSR count). The molecule has 0 spiro atoms. The zero-order chi connectivity index (χ0) is 21.5. The van der Waals surface area contributed by atoms with Gasteiger partial charge in [0, 0.05) is 12.1 Å². The van der Waals surface area contributed by atoms with Crippen molar-refractivity contribution >= 4 is 17.8 Å². The third-order valence-corrected chi connectivity index (χ3v) is 4.44. The van der Waals surface area contributed by atoms with E-state index in [0.29, 0.717) is 29.6 Å². The van der Waals surface area contributed by atoms with Crippen LogP contribution in [0.25, 0.3) is 6.08 Å². The highest BCUT2D eigenvalue weighted by Gasteiger charge is 2.13. The Labute approximate surface area is 175 Å². The van der Waals surface area contributed by atoms with E-state index >= 15 is 0 Å². The predicted octanol–water partition coefficient (Wildman–Crippen LogP) is 3.92. The van der Waals surface area contributed by atoms with Crippen LogP contribution in [0.1, 0.15) is 16.8 Å². The number of hydrogen-bond acceptors (Lipinski definition) is 5. The molecule has 0 aliphatic carbocycles. The molecule has 1 aromatic heterocycles. The van der Waals surface area contributed by atoms with E-state index in [9.17, 15) is 4.79 Å². The number of aromatic nitrogens is 2. The van der Waals surface area contributed by atoms with Gasteiger partial charge in [0.1, 0.15) is 5.82 Å². The molecule has 7 heteroatoms. The molecular formula is C23H25N3O4. The van der Waals surface area contributed by atoms with Crippen molar-refractivity contribution in [1.82, 2.24) is 9.78 Å². The average molecular weight is 407 g/mol. The number of anilines is 1. The summed E-state index contributed by atoms with van der Waals surface area (Å²) in [5.74, 6) is 1.91. The second kappa shape index (κ2) is 9.65. The Bertz CT molecular complexity index is 1020. The summed E-state index contributed by atoms with van der Waals surface area (Å²) in [7, 11) is 4.64.